The molecule has 5 nitrogen and oxygen atoms in total. The minimum Gasteiger partial charge on any atom is -0.322 e. The summed E-state index contributed by atoms with van der Waals surface area (Å²) in [6, 6.07) is 22.5. The second-order valence-corrected chi connectivity index (χ2v) is 5.21. The normalized spacial score (nSPS) is 10.2. The lowest BCUT2D eigenvalue weighted by atomic mass is 10.0. The van der Waals surface area contributed by atoms with Crippen LogP contribution < -0.4 is 5.32 Å². The SMILES string of the molecule is O=C(Nc1cccc(-c2cccc([N+](=O)[O-])c2)c1)c1ccccc1. The Labute approximate surface area is 138 Å². The molecule has 0 heterocycles. The minimum absolute atomic E-state index is 0.0335. The lowest BCUT2D eigenvalue weighted by Gasteiger charge is -2.08. The first-order chi connectivity index (χ1) is 11.6. The van der Waals surface area contributed by atoms with Crippen LogP contribution >= 0.6 is 0 Å². The fourth-order valence-electron chi connectivity index (χ4n) is 2.37. The molecule has 0 unspecified atom stereocenters. The molecule has 0 aliphatic carbocycles. The predicted octanol–water partition coefficient (Wildman–Crippen LogP) is 4.51. The van der Waals surface area contributed by atoms with Gasteiger partial charge in [0, 0.05) is 23.4 Å². The Morgan fingerprint density at radius 2 is 1.50 bits per heavy atom. The fraction of sp³-hybridized carbons (Fsp3) is 0. The van der Waals surface area contributed by atoms with Gasteiger partial charge in [0.25, 0.3) is 11.6 Å². The van der Waals surface area contributed by atoms with Crippen molar-refractivity contribution in [2.24, 2.45) is 0 Å². The molecule has 0 radical (unpaired) electrons. The number of carbonyl (C=O) groups is 1. The molecule has 3 aromatic carbocycles. The Morgan fingerprint density at radius 1 is 0.833 bits per heavy atom. The van der Waals surface area contributed by atoms with Gasteiger partial charge in [-0.25, -0.2) is 0 Å². The van der Waals surface area contributed by atoms with Gasteiger partial charge in [-0.1, -0.05) is 42.5 Å². The van der Waals surface area contributed by atoms with Crippen molar-refractivity contribution in [3.8, 4) is 11.1 Å². The molecule has 1 amide bonds. The Bertz CT molecular complexity index is 892. The van der Waals surface area contributed by atoms with E-state index < -0.39 is 4.92 Å². The molecule has 0 atom stereocenters. The maximum Gasteiger partial charge on any atom is 0.270 e. The zero-order valence-electron chi connectivity index (χ0n) is 12.7. The number of anilines is 1. The third-order valence-corrected chi connectivity index (χ3v) is 3.55. The summed E-state index contributed by atoms with van der Waals surface area (Å²) in [7, 11) is 0. The van der Waals surface area contributed by atoms with Crippen LogP contribution in [0.1, 0.15) is 10.4 Å². The summed E-state index contributed by atoms with van der Waals surface area (Å²) in [4.78, 5) is 22.7. The molecule has 0 saturated heterocycles. The largest absolute Gasteiger partial charge is 0.322 e. The molecule has 3 rings (SSSR count). The first kappa shape index (κ1) is 15.4. The summed E-state index contributed by atoms with van der Waals surface area (Å²) in [6.07, 6.45) is 0. The van der Waals surface area contributed by atoms with Crippen LogP contribution in [0.5, 0.6) is 0 Å². The summed E-state index contributed by atoms with van der Waals surface area (Å²) >= 11 is 0. The molecular weight excluding hydrogens is 304 g/mol. The van der Waals surface area contributed by atoms with Crippen molar-refractivity contribution >= 4 is 17.3 Å². The van der Waals surface area contributed by atoms with Gasteiger partial charge >= 0.3 is 0 Å². The highest BCUT2D eigenvalue weighted by atomic mass is 16.6. The highest BCUT2D eigenvalue weighted by Crippen LogP contribution is 2.26. The Hall–Kier alpha value is -3.47. The monoisotopic (exact) mass is 318 g/mol. The molecule has 3 aromatic rings. The van der Waals surface area contributed by atoms with Crippen LogP contribution in [-0.4, -0.2) is 10.8 Å². The zero-order valence-corrected chi connectivity index (χ0v) is 12.7. The number of hydrogen-bond donors (Lipinski definition) is 1. The summed E-state index contributed by atoms with van der Waals surface area (Å²) in [5, 5.41) is 13.7. The van der Waals surface area contributed by atoms with Gasteiger partial charge in [-0.2, -0.15) is 0 Å². The summed E-state index contributed by atoms with van der Waals surface area (Å²) in [6.45, 7) is 0. The lowest BCUT2D eigenvalue weighted by Crippen LogP contribution is -2.11. The van der Waals surface area contributed by atoms with Crippen LogP contribution in [0.15, 0.2) is 78.9 Å². The molecule has 5 heteroatoms. The van der Waals surface area contributed by atoms with E-state index in [-0.39, 0.29) is 11.6 Å². The highest BCUT2D eigenvalue weighted by Gasteiger charge is 2.09. The van der Waals surface area contributed by atoms with Gasteiger partial charge < -0.3 is 5.32 Å². The van der Waals surface area contributed by atoms with Crippen molar-refractivity contribution in [1.29, 1.82) is 0 Å². The van der Waals surface area contributed by atoms with Gasteiger partial charge in [-0.3, -0.25) is 14.9 Å². The van der Waals surface area contributed by atoms with Crippen LogP contribution in [0.3, 0.4) is 0 Å². The average molecular weight is 318 g/mol. The third kappa shape index (κ3) is 3.47. The molecule has 0 aliphatic rings. The Kier molecular flexibility index (Phi) is 4.34. The Balaban J connectivity index is 1.86. The topological polar surface area (TPSA) is 72.2 Å². The molecule has 0 fully saturated rings. The molecular formula is C19H14N2O3. The molecule has 118 valence electrons. The predicted molar refractivity (Wildman–Crippen MR) is 92.9 cm³/mol. The second-order valence-electron chi connectivity index (χ2n) is 5.21. The van der Waals surface area contributed by atoms with E-state index in [9.17, 15) is 14.9 Å². The number of amides is 1. The lowest BCUT2D eigenvalue weighted by molar-refractivity contribution is -0.384. The number of nitro groups is 1. The van der Waals surface area contributed by atoms with Crippen LogP contribution in [0.2, 0.25) is 0 Å². The van der Waals surface area contributed by atoms with Gasteiger partial charge in [0.1, 0.15) is 0 Å². The van der Waals surface area contributed by atoms with Crippen LogP contribution in [-0.2, 0) is 0 Å². The summed E-state index contributed by atoms with van der Waals surface area (Å²) in [5.41, 5.74) is 2.75. The summed E-state index contributed by atoms with van der Waals surface area (Å²) in [5.74, 6) is -0.202. The van der Waals surface area contributed by atoms with Gasteiger partial charge in [-0.15, -0.1) is 0 Å². The van der Waals surface area contributed by atoms with Gasteiger partial charge in [0.2, 0.25) is 0 Å². The average Bonchev–Trinajstić information content (AvgIpc) is 2.63. The second kappa shape index (κ2) is 6.75. The van der Waals surface area contributed by atoms with Crippen LogP contribution in [0, 0.1) is 10.1 Å². The number of nitrogens with one attached hydrogen (secondary N) is 1. The fourth-order valence-corrected chi connectivity index (χ4v) is 2.37. The van der Waals surface area contributed by atoms with Crippen LogP contribution in [0.25, 0.3) is 11.1 Å². The molecule has 0 aliphatic heterocycles. The number of hydrogen-bond acceptors (Lipinski definition) is 3. The number of non-ortho nitro benzene ring substituents is 1. The molecule has 1 N–H and O–H groups in total. The van der Waals surface area contributed by atoms with E-state index in [0.717, 1.165) is 11.1 Å². The van der Waals surface area contributed by atoms with Gasteiger partial charge in [-0.05, 0) is 35.4 Å². The van der Waals surface area contributed by atoms with Gasteiger partial charge in [0.15, 0.2) is 0 Å². The first-order valence-corrected chi connectivity index (χ1v) is 7.35. The smallest absolute Gasteiger partial charge is 0.270 e. The standard InChI is InChI=1S/C19H14N2O3/c22-19(14-6-2-1-3-7-14)20-17-10-4-8-15(12-17)16-9-5-11-18(13-16)21(23)24/h1-13H,(H,20,22). The Morgan fingerprint density at radius 3 is 2.21 bits per heavy atom. The third-order valence-electron chi connectivity index (χ3n) is 3.55. The van der Waals surface area contributed by atoms with E-state index in [1.54, 1.807) is 54.6 Å². The van der Waals surface area contributed by atoms with Crippen molar-refractivity contribution in [3.63, 3.8) is 0 Å². The van der Waals surface area contributed by atoms with E-state index in [4.69, 9.17) is 0 Å². The van der Waals surface area contributed by atoms with E-state index >= 15 is 0 Å². The van der Waals surface area contributed by atoms with E-state index in [1.165, 1.54) is 12.1 Å². The zero-order chi connectivity index (χ0) is 16.9. The van der Waals surface area contributed by atoms with Crippen molar-refractivity contribution in [2.45, 2.75) is 0 Å². The molecule has 0 saturated carbocycles. The number of nitrogens with zero attached hydrogens (tertiary/aromatic N) is 1. The molecule has 0 spiro atoms. The van der Waals surface area contributed by atoms with E-state index in [2.05, 4.69) is 5.32 Å². The van der Waals surface area contributed by atoms with Gasteiger partial charge in [0.05, 0.1) is 4.92 Å². The summed E-state index contributed by atoms with van der Waals surface area (Å²) < 4.78 is 0. The molecule has 0 aromatic heterocycles. The highest BCUT2D eigenvalue weighted by molar-refractivity contribution is 6.04. The van der Waals surface area contributed by atoms with Crippen molar-refractivity contribution < 1.29 is 9.72 Å². The van der Waals surface area contributed by atoms with E-state index in [0.29, 0.717) is 11.3 Å². The maximum atomic E-state index is 12.2. The maximum absolute atomic E-state index is 12.2. The first-order valence-electron chi connectivity index (χ1n) is 7.35. The number of rotatable bonds is 4. The number of nitro benzene ring substituents is 1. The molecule has 0 bridgehead atoms. The van der Waals surface area contributed by atoms with Crippen molar-refractivity contribution in [1.82, 2.24) is 0 Å². The van der Waals surface area contributed by atoms with Crippen molar-refractivity contribution in [2.75, 3.05) is 5.32 Å². The number of benzene rings is 3. The van der Waals surface area contributed by atoms with E-state index in [1.807, 2.05) is 12.1 Å². The molecule has 24 heavy (non-hydrogen) atoms. The van der Waals surface area contributed by atoms with Crippen LogP contribution in [0.4, 0.5) is 11.4 Å². The minimum atomic E-state index is -0.426. The number of carbonyl (C=O) groups excluding carboxylic acids is 1. The quantitative estimate of drug-likeness (QED) is 0.568. The van der Waals surface area contributed by atoms with Crippen molar-refractivity contribution in [3.05, 3.63) is 94.5 Å².